The van der Waals surface area contributed by atoms with Gasteiger partial charge in [-0.15, -0.1) is 0 Å². The number of aromatic amines is 1. The largest absolute Gasteiger partial charge is 0.352 e. The van der Waals surface area contributed by atoms with E-state index in [1.807, 2.05) is 23.1 Å². The molecule has 0 saturated heterocycles. The van der Waals surface area contributed by atoms with Gasteiger partial charge in [0.05, 0.1) is 6.33 Å². The molecule has 0 unspecified atom stereocenters. The molecule has 7 heteroatoms. The number of hydrogen-bond acceptors (Lipinski definition) is 4. The molecular weight excluding hydrogens is 426 g/mol. The van der Waals surface area contributed by atoms with E-state index in [1.54, 1.807) is 19.4 Å². The molecule has 0 radical (unpaired) electrons. The Hall–Kier alpha value is -2.67. The SMILES string of the molecule is CC(=O)N1CCCCCCCN(CCC(C)C)Cc2cc(C(=O)NCCc3cnc[nH]3)ccc21. The van der Waals surface area contributed by atoms with Gasteiger partial charge in [0.25, 0.3) is 5.91 Å². The van der Waals surface area contributed by atoms with Crippen LogP contribution in [0.1, 0.15) is 80.9 Å². The van der Waals surface area contributed by atoms with Crippen molar-refractivity contribution in [3.63, 3.8) is 0 Å². The van der Waals surface area contributed by atoms with Crippen LogP contribution in [-0.2, 0) is 17.8 Å². The Morgan fingerprint density at radius 3 is 2.59 bits per heavy atom. The van der Waals surface area contributed by atoms with E-state index in [0.717, 1.165) is 62.4 Å². The van der Waals surface area contributed by atoms with E-state index in [1.165, 1.54) is 19.3 Å². The van der Waals surface area contributed by atoms with Crippen LogP contribution in [0.3, 0.4) is 0 Å². The molecule has 1 aliphatic heterocycles. The molecule has 2 aromatic rings. The highest BCUT2D eigenvalue weighted by Gasteiger charge is 2.20. The van der Waals surface area contributed by atoms with Gasteiger partial charge in [0.1, 0.15) is 0 Å². The van der Waals surface area contributed by atoms with Crippen molar-refractivity contribution in [1.29, 1.82) is 0 Å². The van der Waals surface area contributed by atoms with E-state index in [-0.39, 0.29) is 11.8 Å². The number of anilines is 1. The maximum Gasteiger partial charge on any atom is 0.251 e. The number of amides is 2. The van der Waals surface area contributed by atoms with E-state index in [0.29, 0.717) is 24.4 Å². The maximum absolute atomic E-state index is 12.9. The van der Waals surface area contributed by atoms with Crippen LogP contribution in [0.15, 0.2) is 30.7 Å². The molecule has 0 spiro atoms. The molecule has 7 nitrogen and oxygen atoms in total. The van der Waals surface area contributed by atoms with Gasteiger partial charge < -0.3 is 15.2 Å². The molecule has 2 N–H and O–H groups in total. The van der Waals surface area contributed by atoms with Crippen LogP contribution in [0.2, 0.25) is 0 Å². The number of nitrogens with zero attached hydrogens (tertiary/aromatic N) is 3. The van der Waals surface area contributed by atoms with E-state index < -0.39 is 0 Å². The van der Waals surface area contributed by atoms with Crippen LogP contribution < -0.4 is 10.2 Å². The summed E-state index contributed by atoms with van der Waals surface area (Å²) >= 11 is 0. The second kappa shape index (κ2) is 13.3. The fourth-order valence-electron chi connectivity index (χ4n) is 4.49. The fraction of sp³-hybridized carbons (Fsp3) is 0.593. The summed E-state index contributed by atoms with van der Waals surface area (Å²) in [4.78, 5) is 37.0. The van der Waals surface area contributed by atoms with Crippen molar-refractivity contribution in [2.75, 3.05) is 31.1 Å². The van der Waals surface area contributed by atoms with Crippen LogP contribution in [0.5, 0.6) is 0 Å². The summed E-state index contributed by atoms with van der Waals surface area (Å²) in [5.74, 6) is 0.613. The zero-order valence-corrected chi connectivity index (χ0v) is 21.1. The highest BCUT2D eigenvalue weighted by atomic mass is 16.2. The smallest absolute Gasteiger partial charge is 0.251 e. The van der Waals surface area contributed by atoms with Gasteiger partial charge in [-0.2, -0.15) is 0 Å². The first kappa shape index (κ1) is 25.9. The van der Waals surface area contributed by atoms with E-state index in [4.69, 9.17) is 0 Å². The molecule has 2 heterocycles. The minimum absolute atomic E-state index is 0.0591. The number of fused-ring (bicyclic) bond motifs is 1. The summed E-state index contributed by atoms with van der Waals surface area (Å²) in [6.45, 7) is 10.2. The quantitative estimate of drug-likeness (QED) is 0.626. The van der Waals surface area contributed by atoms with Crippen LogP contribution in [0, 0.1) is 5.92 Å². The first-order valence-electron chi connectivity index (χ1n) is 12.8. The van der Waals surface area contributed by atoms with Crippen molar-refractivity contribution in [2.24, 2.45) is 5.92 Å². The number of benzene rings is 1. The molecule has 3 rings (SSSR count). The summed E-state index contributed by atoms with van der Waals surface area (Å²) < 4.78 is 0. The molecule has 1 aromatic carbocycles. The molecule has 0 fully saturated rings. The fourth-order valence-corrected chi connectivity index (χ4v) is 4.49. The summed E-state index contributed by atoms with van der Waals surface area (Å²) in [5, 5.41) is 3.02. The van der Waals surface area contributed by atoms with Crippen molar-refractivity contribution < 1.29 is 9.59 Å². The molecule has 1 aromatic heterocycles. The molecular formula is C27H41N5O2. The van der Waals surface area contributed by atoms with Crippen LogP contribution in [-0.4, -0.2) is 52.9 Å². The summed E-state index contributed by atoms with van der Waals surface area (Å²) in [7, 11) is 0. The van der Waals surface area contributed by atoms with Crippen molar-refractivity contribution in [3.8, 4) is 0 Å². The molecule has 0 atom stereocenters. The minimum atomic E-state index is -0.0865. The third-order valence-corrected chi connectivity index (χ3v) is 6.52. The molecule has 0 aliphatic carbocycles. The Balaban J connectivity index is 1.82. The number of carbonyl (C=O) groups is 2. The number of rotatable bonds is 7. The highest BCUT2D eigenvalue weighted by Crippen LogP contribution is 2.26. The van der Waals surface area contributed by atoms with Gasteiger partial charge >= 0.3 is 0 Å². The van der Waals surface area contributed by atoms with Crippen LogP contribution in [0.4, 0.5) is 5.69 Å². The third-order valence-electron chi connectivity index (χ3n) is 6.52. The standard InChI is InChI=1S/C27H41N5O2/c1-21(2)12-16-31-14-7-5-4-6-8-15-32(22(3)33)26-10-9-23(17-24(26)19-31)27(34)29-13-11-25-18-28-20-30-25/h9-10,17-18,20-21H,4-8,11-16,19H2,1-3H3,(H,28,30)(H,29,34). The zero-order valence-electron chi connectivity index (χ0n) is 21.1. The van der Waals surface area contributed by atoms with Gasteiger partial charge in [0, 0.05) is 56.1 Å². The van der Waals surface area contributed by atoms with Crippen molar-refractivity contribution in [2.45, 2.75) is 72.3 Å². The van der Waals surface area contributed by atoms with Gasteiger partial charge in [0.15, 0.2) is 0 Å². The number of carbonyl (C=O) groups excluding carboxylic acids is 2. The monoisotopic (exact) mass is 467 g/mol. The Morgan fingerprint density at radius 2 is 1.88 bits per heavy atom. The number of imidazole rings is 1. The van der Waals surface area contributed by atoms with Gasteiger partial charge in [-0.25, -0.2) is 4.98 Å². The van der Waals surface area contributed by atoms with Gasteiger partial charge in [-0.1, -0.05) is 33.1 Å². The number of hydrogen-bond donors (Lipinski definition) is 2. The summed E-state index contributed by atoms with van der Waals surface area (Å²) in [6, 6.07) is 5.81. The van der Waals surface area contributed by atoms with Crippen molar-refractivity contribution in [1.82, 2.24) is 20.2 Å². The summed E-state index contributed by atoms with van der Waals surface area (Å²) in [6.07, 6.45) is 11.0. The van der Waals surface area contributed by atoms with Crippen LogP contribution >= 0.6 is 0 Å². The first-order valence-corrected chi connectivity index (χ1v) is 12.8. The average molecular weight is 468 g/mol. The highest BCUT2D eigenvalue weighted by molar-refractivity contribution is 5.97. The molecule has 2 amide bonds. The molecule has 0 bridgehead atoms. The Bertz CT molecular complexity index is 910. The lowest BCUT2D eigenvalue weighted by molar-refractivity contribution is -0.116. The van der Waals surface area contributed by atoms with E-state index in [2.05, 4.69) is 34.0 Å². The third kappa shape index (κ3) is 7.97. The van der Waals surface area contributed by atoms with E-state index >= 15 is 0 Å². The molecule has 34 heavy (non-hydrogen) atoms. The normalized spacial score (nSPS) is 15.9. The predicted molar refractivity (Wildman–Crippen MR) is 137 cm³/mol. The van der Waals surface area contributed by atoms with Crippen molar-refractivity contribution >= 4 is 17.5 Å². The number of nitrogens with one attached hydrogen (secondary N) is 2. The molecule has 186 valence electrons. The van der Waals surface area contributed by atoms with Gasteiger partial charge in [-0.3, -0.25) is 14.5 Å². The van der Waals surface area contributed by atoms with E-state index in [9.17, 15) is 9.59 Å². The molecule has 1 aliphatic rings. The number of aromatic nitrogens is 2. The first-order chi connectivity index (χ1) is 16.4. The van der Waals surface area contributed by atoms with Gasteiger partial charge in [0.2, 0.25) is 5.91 Å². The Kier molecular flexibility index (Phi) is 10.1. The predicted octanol–water partition coefficient (Wildman–Crippen LogP) is 4.55. The lowest BCUT2D eigenvalue weighted by atomic mass is 10.0. The summed E-state index contributed by atoms with van der Waals surface area (Å²) in [5.41, 5.74) is 3.64. The number of H-pyrrole nitrogens is 1. The Labute approximate surface area is 204 Å². The zero-order chi connectivity index (χ0) is 24.3. The second-order valence-electron chi connectivity index (χ2n) is 9.82. The van der Waals surface area contributed by atoms with Crippen molar-refractivity contribution in [3.05, 3.63) is 47.5 Å². The average Bonchev–Trinajstić information content (AvgIpc) is 3.31. The topological polar surface area (TPSA) is 81.3 Å². The van der Waals surface area contributed by atoms with Gasteiger partial charge in [-0.05, 0) is 62.0 Å². The maximum atomic E-state index is 12.9. The lowest BCUT2D eigenvalue weighted by Crippen LogP contribution is -2.33. The van der Waals surface area contributed by atoms with Crippen LogP contribution in [0.25, 0.3) is 0 Å². The minimum Gasteiger partial charge on any atom is -0.352 e. The molecule has 0 saturated carbocycles. The lowest BCUT2D eigenvalue weighted by Gasteiger charge is -2.29. The Morgan fingerprint density at radius 1 is 1.12 bits per heavy atom. The second-order valence-corrected chi connectivity index (χ2v) is 9.82.